The van der Waals surface area contributed by atoms with Crippen molar-refractivity contribution in [1.82, 2.24) is 0 Å². The molecular weight excluding hydrogens is 288 g/mol. The van der Waals surface area contributed by atoms with Crippen LogP contribution >= 0.6 is 11.3 Å². The molecule has 22 heavy (non-hydrogen) atoms. The second kappa shape index (κ2) is 5.39. The third-order valence-electron chi connectivity index (χ3n) is 3.91. The number of hydrogen-bond acceptors (Lipinski definition) is 1. The lowest BCUT2D eigenvalue weighted by Gasteiger charge is -2.10. The molecule has 0 saturated carbocycles. The fraction of sp³-hybridized carbons (Fsp3) is 0.0500. The predicted octanol–water partition coefficient (Wildman–Crippen LogP) is 6.01. The Kier molecular flexibility index (Phi) is 3.24. The highest BCUT2D eigenvalue weighted by Gasteiger charge is 2.19. The van der Waals surface area contributed by atoms with Crippen LogP contribution in [0.1, 0.15) is 0 Å². The first-order valence-electron chi connectivity index (χ1n) is 7.25. The van der Waals surface area contributed by atoms with E-state index < -0.39 is 0 Å². The minimum Gasteiger partial charge on any atom is -0.496 e. The van der Waals surface area contributed by atoms with Crippen LogP contribution in [-0.2, 0) is 0 Å². The van der Waals surface area contributed by atoms with E-state index in [9.17, 15) is 0 Å². The maximum Gasteiger partial charge on any atom is 0.239 e. The molecule has 1 aromatic heterocycles. The van der Waals surface area contributed by atoms with E-state index in [0.717, 1.165) is 11.3 Å². The highest BCUT2D eigenvalue weighted by atomic mass is 32.1. The molecule has 0 N–H and O–H groups in total. The quantitative estimate of drug-likeness (QED) is 0.325. The summed E-state index contributed by atoms with van der Waals surface area (Å²) in [6.45, 7) is 0. The Balaban J connectivity index is 2.22. The van der Waals surface area contributed by atoms with Gasteiger partial charge >= 0.3 is 0 Å². The molecule has 3 aromatic carbocycles. The third-order valence-corrected chi connectivity index (χ3v) is 5.06. The number of methoxy groups -OCH3 is 1. The summed E-state index contributed by atoms with van der Waals surface area (Å²) >= 11 is 1.83. The summed E-state index contributed by atoms with van der Waals surface area (Å²) < 4.78 is 8.19. The monoisotopic (exact) mass is 303 g/mol. The first kappa shape index (κ1) is 13.2. The smallest absolute Gasteiger partial charge is 0.239 e. The first-order valence-corrected chi connectivity index (χ1v) is 8.07. The van der Waals surface area contributed by atoms with Crippen LogP contribution in [0.25, 0.3) is 31.3 Å². The normalized spacial score (nSPS) is 11.0. The summed E-state index contributed by atoms with van der Waals surface area (Å²) in [5.74, 6) is 0.911. The minimum atomic E-state index is 0.911. The number of fused-ring (bicyclic) bond motifs is 2. The third kappa shape index (κ3) is 2.04. The summed E-state index contributed by atoms with van der Waals surface area (Å²) in [6.07, 6.45) is 0. The van der Waals surface area contributed by atoms with Crippen LogP contribution in [0.4, 0.5) is 0 Å². The summed E-state index contributed by atoms with van der Waals surface area (Å²) in [4.78, 5) is 0. The molecular formula is C20H15OS+. The van der Waals surface area contributed by atoms with Crippen molar-refractivity contribution in [3.63, 3.8) is 0 Å². The number of rotatable bonds is 2. The van der Waals surface area contributed by atoms with Crippen LogP contribution < -0.4 is 4.74 Å². The van der Waals surface area contributed by atoms with Crippen molar-refractivity contribution < 1.29 is 4.74 Å². The molecule has 0 unspecified atom stereocenters. The Hall–Kier alpha value is -2.45. The van der Waals surface area contributed by atoms with E-state index in [1.54, 1.807) is 7.11 Å². The number of hydrogen-bond donors (Lipinski definition) is 0. The molecule has 0 atom stereocenters. The van der Waals surface area contributed by atoms with Gasteiger partial charge in [-0.05, 0) is 18.2 Å². The molecule has 4 rings (SSSR count). The van der Waals surface area contributed by atoms with Gasteiger partial charge in [-0.1, -0.05) is 42.5 Å². The molecule has 4 aromatic rings. The summed E-state index contributed by atoms with van der Waals surface area (Å²) in [5, 5.41) is 2.55. The Bertz CT molecular complexity index is 921. The zero-order valence-corrected chi connectivity index (χ0v) is 13.1. The van der Waals surface area contributed by atoms with Crippen LogP contribution in [-0.4, -0.2) is 7.11 Å². The van der Waals surface area contributed by atoms with Gasteiger partial charge in [0.2, 0.25) is 20.7 Å². The van der Waals surface area contributed by atoms with Gasteiger partial charge in [-0.2, -0.15) is 0 Å². The molecule has 0 aliphatic carbocycles. The van der Waals surface area contributed by atoms with Gasteiger partial charge in [0, 0.05) is 34.0 Å². The van der Waals surface area contributed by atoms with Gasteiger partial charge in [0.25, 0.3) is 0 Å². The number of para-hydroxylation sites is 1. The van der Waals surface area contributed by atoms with E-state index in [-0.39, 0.29) is 0 Å². The van der Waals surface area contributed by atoms with Crippen molar-refractivity contribution in [2.75, 3.05) is 7.11 Å². The van der Waals surface area contributed by atoms with E-state index in [1.165, 1.54) is 25.7 Å². The lowest BCUT2D eigenvalue weighted by atomic mass is 9.98. The Morgan fingerprint density at radius 3 is 1.86 bits per heavy atom. The summed E-state index contributed by atoms with van der Waals surface area (Å²) in [5.41, 5.74) is 2.40. The Morgan fingerprint density at radius 1 is 0.682 bits per heavy atom. The van der Waals surface area contributed by atoms with E-state index in [1.807, 2.05) is 23.5 Å². The molecule has 106 valence electrons. The second-order valence-corrected chi connectivity index (χ2v) is 6.25. The maximum atomic E-state index is 5.60. The minimum absolute atomic E-state index is 0.911. The molecule has 0 aliphatic heterocycles. The standard InChI is InChI=1S/C20H15OS/c1-21-17-11-5-2-8-14(17)20-15-9-3-6-12-18(15)22-19-13-7-4-10-16(19)20/h2-13H,1H3/q+1. The van der Waals surface area contributed by atoms with Crippen molar-refractivity contribution >= 4 is 31.5 Å². The van der Waals surface area contributed by atoms with Gasteiger partial charge in [-0.3, -0.25) is 0 Å². The molecule has 0 radical (unpaired) electrons. The average molecular weight is 303 g/mol. The van der Waals surface area contributed by atoms with Crippen LogP contribution in [0.2, 0.25) is 0 Å². The van der Waals surface area contributed by atoms with E-state index in [2.05, 4.69) is 60.7 Å². The van der Waals surface area contributed by atoms with Gasteiger partial charge in [-0.25, -0.2) is 0 Å². The number of ether oxygens (including phenoxy) is 1. The maximum absolute atomic E-state index is 5.60. The van der Waals surface area contributed by atoms with Crippen LogP contribution in [0, 0.1) is 0 Å². The fourth-order valence-corrected chi connectivity index (χ4v) is 4.02. The SMILES string of the molecule is COc1ccccc1-c1c2ccccc2[s+]c2ccccc12. The molecule has 2 heteroatoms. The van der Waals surface area contributed by atoms with Crippen LogP contribution in [0.3, 0.4) is 0 Å². The summed E-state index contributed by atoms with van der Waals surface area (Å²) in [6, 6.07) is 25.4. The highest BCUT2D eigenvalue weighted by molar-refractivity contribution is 7.24. The van der Waals surface area contributed by atoms with Gasteiger partial charge in [0.15, 0.2) is 0 Å². The number of benzene rings is 3. The van der Waals surface area contributed by atoms with Gasteiger partial charge in [-0.15, -0.1) is 0 Å². The lowest BCUT2D eigenvalue weighted by Crippen LogP contribution is -1.89. The molecule has 1 heterocycles. The summed E-state index contributed by atoms with van der Waals surface area (Å²) in [7, 11) is 1.73. The molecule has 0 aliphatic rings. The Morgan fingerprint density at radius 2 is 1.23 bits per heavy atom. The first-order chi connectivity index (χ1) is 10.9. The molecule has 0 saturated heterocycles. The van der Waals surface area contributed by atoms with Crippen molar-refractivity contribution in [1.29, 1.82) is 0 Å². The van der Waals surface area contributed by atoms with E-state index >= 15 is 0 Å². The fourth-order valence-electron chi connectivity index (χ4n) is 2.93. The molecule has 0 bridgehead atoms. The van der Waals surface area contributed by atoms with E-state index in [0.29, 0.717) is 0 Å². The highest BCUT2D eigenvalue weighted by Crippen LogP contribution is 2.42. The molecule has 0 amide bonds. The zero-order valence-electron chi connectivity index (χ0n) is 12.2. The lowest BCUT2D eigenvalue weighted by molar-refractivity contribution is 0.416. The Labute approximate surface area is 133 Å². The van der Waals surface area contributed by atoms with Crippen LogP contribution in [0.15, 0.2) is 72.8 Å². The van der Waals surface area contributed by atoms with Gasteiger partial charge in [0.1, 0.15) is 5.75 Å². The average Bonchev–Trinajstić information content (AvgIpc) is 2.59. The largest absolute Gasteiger partial charge is 0.496 e. The molecule has 1 nitrogen and oxygen atoms in total. The topological polar surface area (TPSA) is 9.23 Å². The van der Waals surface area contributed by atoms with Crippen molar-refractivity contribution in [2.24, 2.45) is 0 Å². The zero-order chi connectivity index (χ0) is 14.9. The molecule has 0 spiro atoms. The van der Waals surface area contributed by atoms with Crippen molar-refractivity contribution in [3.8, 4) is 16.9 Å². The molecule has 0 fully saturated rings. The van der Waals surface area contributed by atoms with Crippen molar-refractivity contribution in [3.05, 3.63) is 72.8 Å². The van der Waals surface area contributed by atoms with E-state index in [4.69, 9.17) is 4.74 Å². The van der Waals surface area contributed by atoms with Crippen LogP contribution in [0.5, 0.6) is 5.75 Å². The van der Waals surface area contributed by atoms with Crippen molar-refractivity contribution in [2.45, 2.75) is 0 Å². The van der Waals surface area contributed by atoms with Gasteiger partial charge < -0.3 is 4.74 Å². The second-order valence-electron chi connectivity index (χ2n) is 5.17. The predicted molar refractivity (Wildman–Crippen MR) is 95.7 cm³/mol. The van der Waals surface area contributed by atoms with Gasteiger partial charge in [0.05, 0.1) is 7.11 Å².